The number of para-hydroxylation sites is 1. The zero-order valence-electron chi connectivity index (χ0n) is 9.76. The summed E-state index contributed by atoms with van der Waals surface area (Å²) in [4.78, 5) is 26.7. The van der Waals surface area contributed by atoms with Crippen LogP contribution in [0.1, 0.15) is 20.8 Å². The van der Waals surface area contributed by atoms with E-state index >= 15 is 0 Å². The van der Waals surface area contributed by atoms with Crippen LogP contribution in [0.15, 0.2) is 42.6 Å². The lowest BCUT2D eigenvalue weighted by Gasteiger charge is -2.08. The maximum atomic E-state index is 13.4. The second-order valence-electron chi connectivity index (χ2n) is 3.70. The molecular weight excluding hydrogens is 249 g/mol. The molecular formula is C13H10FN3O2. The molecule has 0 aliphatic carbocycles. The molecule has 0 aliphatic rings. The molecule has 6 heteroatoms. The van der Waals surface area contributed by atoms with Gasteiger partial charge < -0.3 is 11.1 Å². The van der Waals surface area contributed by atoms with Crippen molar-refractivity contribution in [2.24, 2.45) is 5.73 Å². The molecule has 2 aromatic rings. The van der Waals surface area contributed by atoms with Gasteiger partial charge in [-0.2, -0.15) is 0 Å². The quantitative estimate of drug-likeness (QED) is 0.877. The second-order valence-corrected chi connectivity index (χ2v) is 3.70. The van der Waals surface area contributed by atoms with Crippen LogP contribution in [0.5, 0.6) is 0 Å². The number of nitrogens with zero attached hydrogens (tertiary/aromatic N) is 1. The van der Waals surface area contributed by atoms with Gasteiger partial charge in [0.2, 0.25) is 0 Å². The summed E-state index contributed by atoms with van der Waals surface area (Å²) in [5, 5.41) is 2.41. The van der Waals surface area contributed by atoms with Gasteiger partial charge in [-0.1, -0.05) is 12.1 Å². The number of hydrogen-bond acceptors (Lipinski definition) is 3. The van der Waals surface area contributed by atoms with Crippen LogP contribution >= 0.6 is 0 Å². The van der Waals surface area contributed by atoms with E-state index in [2.05, 4.69) is 10.3 Å². The standard InChI is InChI=1S/C13H10FN3O2/c14-9-5-3-7-16-11(9)13(19)17-10-6-2-1-4-8(10)12(15)18/h1-7H,(H2,15,18)(H,17,19). The average Bonchev–Trinajstić information content (AvgIpc) is 2.39. The number of nitrogens with one attached hydrogen (secondary N) is 1. The summed E-state index contributed by atoms with van der Waals surface area (Å²) in [6, 6.07) is 8.70. The summed E-state index contributed by atoms with van der Waals surface area (Å²) in [7, 11) is 0. The molecule has 0 bridgehead atoms. The maximum absolute atomic E-state index is 13.4. The maximum Gasteiger partial charge on any atom is 0.277 e. The first-order valence-corrected chi connectivity index (χ1v) is 5.40. The lowest BCUT2D eigenvalue weighted by Crippen LogP contribution is -2.19. The molecule has 1 aromatic carbocycles. The minimum absolute atomic E-state index is 0.146. The molecule has 0 saturated carbocycles. The molecule has 0 unspecified atom stereocenters. The SMILES string of the molecule is NC(=O)c1ccccc1NC(=O)c1ncccc1F. The highest BCUT2D eigenvalue weighted by Gasteiger charge is 2.15. The van der Waals surface area contributed by atoms with Crippen molar-refractivity contribution in [2.75, 3.05) is 5.32 Å². The second kappa shape index (κ2) is 5.26. The number of pyridine rings is 1. The van der Waals surface area contributed by atoms with E-state index in [4.69, 9.17) is 5.73 Å². The molecule has 1 aromatic heterocycles. The van der Waals surface area contributed by atoms with Crippen LogP contribution in [0.2, 0.25) is 0 Å². The van der Waals surface area contributed by atoms with Gasteiger partial charge >= 0.3 is 0 Å². The summed E-state index contributed by atoms with van der Waals surface area (Å²) in [5.41, 5.74) is 5.19. The first kappa shape index (κ1) is 12.7. The number of carbonyl (C=O) groups excluding carboxylic acids is 2. The Bertz CT molecular complexity index is 643. The first-order chi connectivity index (χ1) is 9.09. The minimum Gasteiger partial charge on any atom is -0.366 e. The van der Waals surface area contributed by atoms with Crippen LogP contribution < -0.4 is 11.1 Å². The predicted molar refractivity (Wildman–Crippen MR) is 67.1 cm³/mol. The number of halogens is 1. The number of nitrogens with two attached hydrogens (primary N) is 1. The van der Waals surface area contributed by atoms with Crippen LogP contribution in [0.4, 0.5) is 10.1 Å². The van der Waals surface area contributed by atoms with Crippen LogP contribution in [-0.4, -0.2) is 16.8 Å². The van der Waals surface area contributed by atoms with Crippen LogP contribution in [0.25, 0.3) is 0 Å². The third-order valence-electron chi connectivity index (χ3n) is 2.41. The first-order valence-electron chi connectivity index (χ1n) is 5.40. The molecule has 96 valence electrons. The Morgan fingerprint density at radius 1 is 1.16 bits per heavy atom. The van der Waals surface area contributed by atoms with Crippen molar-refractivity contribution in [1.82, 2.24) is 4.98 Å². The summed E-state index contributed by atoms with van der Waals surface area (Å²) < 4.78 is 13.4. The van der Waals surface area contributed by atoms with Crippen molar-refractivity contribution in [2.45, 2.75) is 0 Å². The molecule has 1 heterocycles. The molecule has 5 nitrogen and oxygen atoms in total. The smallest absolute Gasteiger partial charge is 0.277 e. The van der Waals surface area contributed by atoms with Gasteiger partial charge in [-0.3, -0.25) is 9.59 Å². The van der Waals surface area contributed by atoms with Gasteiger partial charge in [0.05, 0.1) is 11.3 Å². The number of benzene rings is 1. The van der Waals surface area contributed by atoms with Gasteiger partial charge in [0, 0.05) is 6.20 Å². The molecule has 0 fully saturated rings. The summed E-state index contributed by atoms with van der Waals surface area (Å²) in [6.07, 6.45) is 1.30. The highest BCUT2D eigenvalue weighted by atomic mass is 19.1. The Labute approximate surface area is 108 Å². The number of carbonyl (C=O) groups is 2. The molecule has 3 N–H and O–H groups in total. The molecule has 2 rings (SSSR count). The monoisotopic (exact) mass is 259 g/mol. The molecule has 0 spiro atoms. The number of primary amides is 1. The Morgan fingerprint density at radius 2 is 1.89 bits per heavy atom. The number of hydrogen-bond donors (Lipinski definition) is 2. The van der Waals surface area contributed by atoms with Crippen molar-refractivity contribution >= 4 is 17.5 Å². The Balaban J connectivity index is 2.30. The molecule has 0 aliphatic heterocycles. The van der Waals surface area contributed by atoms with Crippen molar-refractivity contribution < 1.29 is 14.0 Å². The van der Waals surface area contributed by atoms with E-state index in [9.17, 15) is 14.0 Å². The van der Waals surface area contributed by atoms with Crippen molar-refractivity contribution in [3.8, 4) is 0 Å². The van der Waals surface area contributed by atoms with Gasteiger partial charge in [0.15, 0.2) is 11.5 Å². The van der Waals surface area contributed by atoms with E-state index < -0.39 is 17.6 Å². The van der Waals surface area contributed by atoms with Crippen molar-refractivity contribution in [3.05, 3.63) is 59.7 Å². The summed E-state index contributed by atoms with van der Waals surface area (Å²) >= 11 is 0. The minimum atomic E-state index is -0.744. The molecule has 19 heavy (non-hydrogen) atoms. The Morgan fingerprint density at radius 3 is 2.58 bits per heavy atom. The zero-order valence-corrected chi connectivity index (χ0v) is 9.76. The highest BCUT2D eigenvalue weighted by Crippen LogP contribution is 2.15. The Hall–Kier alpha value is -2.76. The number of anilines is 1. The normalized spacial score (nSPS) is 9.95. The zero-order chi connectivity index (χ0) is 13.8. The van der Waals surface area contributed by atoms with E-state index in [0.29, 0.717) is 0 Å². The highest BCUT2D eigenvalue weighted by molar-refractivity contribution is 6.07. The van der Waals surface area contributed by atoms with Crippen LogP contribution in [0, 0.1) is 5.82 Å². The fourth-order valence-corrected chi connectivity index (χ4v) is 1.54. The van der Waals surface area contributed by atoms with Crippen molar-refractivity contribution in [3.63, 3.8) is 0 Å². The van der Waals surface area contributed by atoms with Gasteiger partial charge in [-0.25, -0.2) is 9.37 Å². The number of aromatic nitrogens is 1. The van der Waals surface area contributed by atoms with E-state index in [1.165, 1.54) is 24.4 Å². The number of rotatable bonds is 3. The lowest BCUT2D eigenvalue weighted by molar-refractivity contribution is 0.100. The van der Waals surface area contributed by atoms with E-state index in [1.54, 1.807) is 12.1 Å². The fraction of sp³-hybridized carbons (Fsp3) is 0. The average molecular weight is 259 g/mol. The molecule has 0 atom stereocenters. The Kier molecular flexibility index (Phi) is 3.51. The topological polar surface area (TPSA) is 85.1 Å². The summed E-state index contributed by atoms with van der Waals surface area (Å²) in [6.45, 7) is 0. The van der Waals surface area contributed by atoms with Crippen LogP contribution in [-0.2, 0) is 0 Å². The predicted octanol–water partition coefficient (Wildman–Crippen LogP) is 1.57. The van der Waals surface area contributed by atoms with Gasteiger partial charge in [-0.15, -0.1) is 0 Å². The number of amides is 2. The lowest BCUT2D eigenvalue weighted by atomic mass is 10.1. The van der Waals surface area contributed by atoms with Gasteiger partial charge in [-0.05, 0) is 24.3 Å². The van der Waals surface area contributed by atoms with E-state index in [1.807, 2.05) is 0 Å². The third-order valence-corrected chi connectivity index (χ3v) is 2.41. The largest absolute Gasteiger partial charge is 0.366 e. The molecule has 0 saturated heterocycles. The molecule has 2 amide bonds. The third kappa shape index (κ3) is 2.74. The van der Waals surface area contributed by atoms with E-state index in [-0.39, 0.29) is 16.9 Å². The van der Waals surface area contributed by atoms with E-state index in [0.717, 1.165) is 6.07 Å². The molecule has 0 radical (unpaired) electrons. The summed E-state index contributed by atoms with van der Waals surface area (Å²) in [5.74, 6) is -2.17. The van der Waals surface area contributed by atoms with Crippen molar-refractivity contribution in [1.29, 1.82) is 0 Å². The van der Waals surface area contributed by atoms with Crippen LogP contribution in [0.3, 0.4) is 0 Å². The van der Waals surface area contributed by atoms with Gasteiger partial charge in [0.1, 0.15) is 0 Å². The van der Waals surface area contributed by atoms with Gasteiger partial charge in [0.25, 0.3) is 11.8 Å². The fourth-order valence-electron chi connectivity index (χ4n) is 1.54.